The zero-order valence-electron chi connectivity index (χ0n) is 11.1. The number of H-pyrrole nitrogens is 1. The Hall–Kier alpha value is -1.69. The first kappa shape index (κ1) is 12.8. The molecular formula is C12H20N6. The van der Waals surface area contributed by atoms with Crippen LogP contribution in [0.5, 0.6) is 0 Å². The SMILES string of the molecule is CCCNC(Cc1cc(C)nn1C)c1cn[nH]n1. The Morgan fingerprint density at radius 1 is 1.50 bits per heavy atom. The van der Waals surface area contributed by atoms with Crippen LogP contribution in [0.3, 0.4) is 0 Å². The number of hydrogen-bond donors (Lipinski definition) is 2. The van der Waals surface area contributed by atoms with E-state index in [1.54, 1.807) is 6.20 Å². The number of aryl methyl sites for hydroxylation is 2. The van der Waals surface area contributed by atoms with E-state index in [0.29, 0.717) is 0 Å². The molecule has 0 aromatic carbocycles. The molecule has 0 spiro atoms. The Balaban J connectivity index is 2.12. The molecule has 18 heavy (non-hydrogen) atoms. The number of aromatic amines is 1. The molecule has 0 saturated carbocycles. The van der Waals surface area contributed by atoms with Gasteiger partial charge in [-0.25, -0.2) is 0 Å². The molecule has 2 rings (SSSR count). The van der Waals surface area contributed by atoms with E-state index in [0.717, 1.165) is 30.8 Å². The highest BCUT2D eigenvalue weighted by atomic mass is 15.3. The summed E-state index contributed by atoms with van der Waals surface area (Å²) in [6.07, 6.45) is 3.74. The van der Waals surface area contributed by atoms with Crippen LogP contribution in [-0.2, 0) is 13.5 Å². The van der Waals surface area contributed by atoms with Gasteiger partial charge in [-0.2, -0.15) is 20.5 Å². The molecule has 0 fully saturated rings. The predicted molar refractivity (Wildman–Crippen MR) is 69.1 cm³/mol. The van der Waals surface area contributed by atoms with Crippen LogP contribution in [-0.4, -0.2) is 31.7 Å². The smallest absolute Gasteiger partial charge is 0.0997 e. The van der Waals surface area contributed by atoms with Crippen LogP contribution in [0.15, 0.2) is 12.3 Å². The summed E-state index contributed by atoms with van der Waals surface area (Å²) in [7, 11) is 1.97. The maximum absolute atomic E-state index is 4.37. The second kappa shape index (κ2) is 5.77. The Labute approximate surface area is 107 Å². The van der Waals surface area contributed by atoms with Gasteiger partial charge in [-0.1, -0.05) is 6.92 Å². The highest BCUT2D eigenvalue weighted by molar-refractivity contribution is 5.13. The third-order valence-corrected chi connectivity index (χ3v) is 2.94. The van der Waals surface area contributed by atoms with Crippen LogP contribution in [0.25, 0.3) is 0 Å². The minimum Gasteiger partial charge on any atom is -0.308 e. The van der Waals surface area contributed by atoms with E-state index in [4.69, 9.17) is 0 Å². The lowest BCUT2D eigenvalue weighted by Crippen LogP contribution is -2.25. The van der Waals surface area contributed by atoms with Crippen molar-refractivity contribution in [2.45, 2.75) is 32.7 Å². The first-order valence-corrected chi connectivity index (χ1v) is 6.29. The maximum Gasteiger partial charge on any atom is 0.0997 e. The monoisotopic (exact) mass is 248 g/mol. The topological polar surface area (TPSA) is 71.4 Å². The summed E-state index contributed by atoms with van der Waals surface area (Å²) in [5.74, 6) is 0. The third kappa shape index (κ3) is 2.95. The molecule has 6 nitrogen and oxygen atoms in total. The average molecular weight is 248 g/mol. The lowest BCUT2D eigenvalue weighted by Gasteiger charge is -2.15. The van der Waals surface area contributed by atoms with Gasteiger partial charge < -0.3 is 5.32 Å². The predicted octanol–water partition coefficient (Wildman–Crippen LogP) is 1.13. The van der Waals surface area contributed by atoms with Crippen LogP contribution in [0, 0.1) is 6.92 Å². The molecule has 0 aliphatic rings. The van der Waals surface area contributed by atoms with Crippen LogP contribution in [0.1, 0.15) is 36.5 Å². The van der Waals surface area contributed by atoms with Crippen LogP contribution in [0.2, 0.25) is 0 Å². The summed E-state index contributed by atoms with van der Waals surface area (Å²) >= 11 is 0. The van der Waals surface area contributed by atoms with Gasteiger partial charge in [-0.15, -0.1) is 0 Å². The van der Waals surface area contributed by atoms with Gasteiger partial charge in [-0.05, 0) is 26.0 Å². The second-order valence-electron chi connectivity index (χ2n) is 4.51. The summed E-state index contributed by atoms with van der Waals surface area (Å²) in [5, 5.41) is 18.6. The zero-order valence-corrected chi connectivity index (χ0v) is 11.1. The number of hydrogen-bond acceptors (Lipinski definition) is 4. The van der Waals surface area contributed by atoms with Gasteiger partial charge in [0, 0.05) is 19.2 Å². The minimum absolute atomic E-state index is 0.179. The number of aromatic nitrogens is 5. The molecule has 0 aliphatic carbocycles. The summed E-state index contributed by atoms with van der Waals surface area (Å²) in [5.41, 5.74) is 3.19. The van der Waals surface area contributed by atoms with Gasteiger partial charge in [0.15, 0.2) is 0 Å². The van der Waals surface area contributed by atoms with Crippen LogP contribution >= 0.6 is 0 Å². The van der Waals surface area contributed by atoms with Crippen molar-refractivity contribution in [3.63, 3.8) is 0 Å². The summed E-state index contributed by atoms with van der Waals surface area (Å²) < 4.78 is 1.93. The molecule has 0 radical (unpaired) electrons. The van der Waals surface area contributed by atoms with E-state index < -0.39 is 0 Å². The van der Waals surface area contributed by atoms with Crippen LogP contribution < -0.4 is 5.32 Å². The fourth-order valence-electron chi connectivity index (χ4n) is 2.04. The van der Waals surface area contributed by atoms with Crippen molar-refractivity contribution in [3.05, 3.63) is 29.3 Å². The van der Waals surface area contributed by atoms with Gasteiger partial charge in [0.1, 0.15) is 0 Å². The van der Waals surface area contributed by atoms with Gasteiger partial charge >= 0.3 is 0 Å². The standard InChI is InChI=1S/C12H20N6/c1-4-5-13-11(12-8-14-17-15-12)7-10-6-9(2)16-18(10)3/h6,8,11,13H,4-5,7H2,1-3H3,(H,14,15,17). The fraction of sp³-hybridized carbons (Fsp3) is 0.583. The number of nitrogens with zero attached hydrogens (tertiary/aromatic N) is 4. The Morgan fingerprint density at radius 2 is 2.33 bits per heavy atom. The fourth-order valence-corrected chi connectivity index (χ4v) is 2.04. The molecule has 0 saturated heterocycles. The van der Waals surface area contributed by atoms with E-state index in [2.05, 4.69) is 38.8 Å². The quantitative estimate of drug-likeness (QED) is 0.804. The molecule has 2 N–H and O–H groups in total. The molecule has 6 heteroatoms. The van der Waals surface area contributed by atoms with Gasteiger partial charge in [0.25, 0.3) is 0 Å². The highest BCUT2D eigenvalue weighted by Gasteiger charge is 2.16. The summed E-state index contributed by atoms with van der Waals surface area (Å²) in [6.45, 7) is 5.13. The molecular weight excluding hydrogens is 228 g/mol. The van der Waals surface area contributed by atoms with Crippen molar-refractivity contribution < 1.29 is 0 Å². The Morgan fingerprint density at radius 3 is 2.89 bits per heavy atom. The van der Waals surface area contributed by atoms with Crippen molar-refractivity contribution in [3.8, 4) is 0 Å². The van der Waals surface area contributed by atoms with E-state index in [1.165, 1.54) is 5.69 Å². The highest BCUT2D eigenvalue weighted by Crippen LogP contribution is 2.16. The first-order chi connectivity index (χ1) is 8.70. The molecule has 2 aromatic heterocycles. The minimum atomic E-state index is 0.179. The lowest BCUT2D eigenvalue weighted by atomic mass is 10.1. The van der Waals surface area contributed by atoms with Crippen molar-refractivity contribution in [2.75, 3.05) is 6.54 Å². The summed E-state index contributed by atoms with van der Waals surface area (Å²) in [4.78, 5) is 0. The van der Waals surface area contributed by atoms with E-state index in [1.807, 2.05) is 18.7 Å². The first-order valence-electron chi connectivity index (χ1n) is 6.29. The van der Waals surface area contributed by atoms with Crippen molar-refractivity contribution in [2.24, 2.45) is 7.05 Å². The summed E-state index contributed by atoms with van der Waals surface area (Å²) in [6, 6.07) is 2.29. The Bertz CT molecular complexity index is 473. The van der Waals surface area contributed by atoms with E-state index in [-0.39, 0.29) is 6.04 Å². The molecule has 2 aromatic rings. The van der Waals surface area contributed by atoms with E-state index >= 15 is 0 Å². The second-order valence-corrected chi connectivity index (χ2v) is 4.51. The molecule has 0 amide bonds. The van der Waals surface area contributed by atoms with E-state index in [9.17, 15) is 0 Å². The Kier molecular flexibility index (Phi) is 4.09. The van der Waals surface area contributed by atoms with Gasteiger partial charge in [0.05, 0.1) is 23.6 Å². The zero-order chi connectivity index (χ0) is 13.0. The average Bonchev–Trinajstić information content (AvgIpc) is 2.95. The molecule has 0 aliphatic heterocycles. The van der Waals surface area contributed by atoms with Crippen molar-refractivity contribution in [1.82, 2.24) is 30.5 Å². The lowest BCUT2D eigenvalue weighted by molar-refractivity contribution is 0.501. The van der Waals surface area contributed by atoms with Gasteiger partial charge in [-0.3, -0.25) is 4.68 Å². The van der Waals surface area contributed by atoms with Crippen molar-refractivity contribution >= 4 is 0 Å². The van der Waals surface area contributed by atoms with Gasteiger partial charge in [0.2, 0.25) is 0 Å². The molecule has 98 valence electrons. The largest absolute Gasteiger partial charge is 0.308 e. The molecule has 1 atom stereocenters. The number of rotatable bonds is 6. The molecule has 1 unspecified atom stereocenters. The third-order valence-electron chi connectivity index (χ3n) is 2.94. The van der Waals surface area contributed by atoms with Crippen molar-refractivity contribution in [1.29, 1.82) is 0 Å². The molecule has 2 heterocycles. The van der Waals surface area contributed by atoms with Crippen LogP contribution in [0.4, 0.5) is 0 Å². The molecule has 0 bridgehead atoms. The normalized spacial score (nSPS) is 12.8. The maximum atomic E-state index is 4.37. The number of nitrogens with one attached hydrogen (secondary N) is 2.